The van der Waals surface area contributed by atoms with Crippen molar-refractivity contribution in [2.45, 2.75) is 13.1 Å². The van der Waals surface area contributed by atoms with E-state index in [0.29, 0.717) is 5.82 Å². The molecule has 0 saturated heterocycles. The molecule has 0 fully saturated rings. The van der Waals surface area contributed by atoms with E-state index in [1.54, 1.807) is 18.3 Å². The number of nitrogens with one attached hydrogen (secondary N) is 1. The number of halogens is 3. The molecular weight excluding hydrogens is 333 g/mol. The number of amides is 1. The third-order valence-electron chi connectivity index (χ3n) is 3.42. The zero-order chi connectivity index (χ0) is 18.0. The molecule has 8 heteroatoms. The maximum Gasteiger partial charge on any atom is 0.416 e. The molecule has 128 valence electrons. The number of hydrogen-bond acceptors (Lipinski definition) is 3. The summed E-state index contributed by atoms with van der Waals surface area (Å²) in [4.78, 5) is 16.2. The zero-order valence-corrected chi connectivity index (χ0v) is 13.1. The number of carbonyl (C=O) groups is 1. The summed E-state index contributed by atoms with van der Waals surface area (Å²) in [5.41, 5.74) is 0.429. The lowest BCUT2D eigenvalue weighted by molar-refractivity contribution is -0.137. The van der Waals surface area contributed by atoms with Crippen molar-refractivity contribution in [1.82, 2.24) is 14.8 Å². The quantitative estimate of drug-likeness (QED) is 0.784. The predicted molar refractivity (Wildman–Crippen MR) is 85.5 cm³/mol. The molecule has 0 aliphatic carbocycles. The minimum absolute atomic E-state index is 0.0701. The molecule has 2 heterocycles. The normalized spacial score (nSPS) is 11.4. The number of pyridine rings is 1. The molecule has 3 rings (SSSR count). The molecule has 2 aromatic heterocycles. The van der Waals surface area contributed by atoms with Crippen molar-refractivity contribution < 1.29 is 18.0 Å². The number of benzene rings is 1. The number of aromatic nitrogens is 3. The van der Waals surface area contributed by atoms with E-state index in [9.17, 15) is 18.0 Å². The Bertz CT molecular complexity index is 918. The van der Waals surface area contributed by atoms with Gasteiger partial charge in [-0.15, -0.1) is 0 Å². The van der Waals surface area contributed by atoms with Crippen LogP contribution < -0.4 is 5.32 Å². The van der Waals surface area contributed by atoms with Crippen LogP contribution >= 0.6 is 0 Å². The SMILES string of the molecule is Cc1ccnc(NC(=O)c2ccn(-c3cccc(C(F)(F)F)c3)n2)c1. The van der Waals surface area contributed by atoms with Crippen LogP contribution in [0.2, 0.25) is 0 Å². The monoisotopic (exact) mass is 346 g/mol. The Balaban J connectivity index is 1.82. The lowest BCUT2D eigenvalue weighted by Gasteiger charge is -2.08. The first kappa shape index (κ1) is 16.7. The maximum absolute atomic E-state index is 12.8. The number of carbonyl (C=O) groups excluding carboxylic acids is 1. The van der Waals surface area contributed by atoms with Gasteiger partial charge in [0, 0.05) is 12.4 Å². The van der Waals surface area contributed by atoms with E-state index in [1.807, 2.05) is 6.92 Å². The number of nitrogens with zero attached hydrogens (tertiary/aromatic N) is 3. The lowest BCUT2D eigenvalue weighted by atomic mass is 10.2. The Labute approximate surface area is 141 Å². The van der Waals surface area contributed by atoms with Gasteiger partial charge in [0.1, 0.15) is 5.82 Å². The van der Waals surface area contributed by atoms with Crippen LogP contribution in [0.4, 0.5) is 19.0 Å². The summed E-state index contributed by atoms with van der Waals surface area (Å²) in [7, 11) is 0. The van der Waals surface area contributed by atoms with Gasteiger partial charge in [0.05, 0.1) is 11.3 Å². The molecule has 0 saturated carbocycles. The summed E-state index contributed by atoms with van der Waals surface area (Å²) >= 11 is 0. The van der Waals surface area contributed by atoms with Crippen molar-refractivity contribution >= 4 is 11.7 Å². The summed E-state index contributed by atoms with van der Waals surface area (Å²) in [5, 5.41) is 6.63. The standard InChI is InChI=1S/C17H13F3N4O/c1-11-5-7-21-15(9-11)22-16(25)14-6-8-24(23-14)13-4-2-3-12(10-13)17(18,19)20/h2-10H,1H3,(H,21,22,25). The average Bonchev–Trinajstić information content (AvgIpc) is 3.04. The Kier molecular flexibility index (Phi) is 4.26. The molecule has 0 aliphatic heterocycles. The van der Waals surface area contributed by atoms with E-state index in [-0.39, 0.29) is 11.4 Å². The van der Waals surface area contributed by atoms with Gasteiger partial charge in [0.15, 0.2) is 5.69 Å². The van der Waals surface area contributed by atoms with Crippen LogP contribution in [-0.4, -0.2) is 20.7 Å². The van der Waals surface area contributed by atoms with Gasteiger partial charge in [-0.2, -0.15) is 18.3 Å². The second kappa shape index (κ2) is 6.39. The number of hydrogen-bond donors (Lipinski definition) is 1. The highest BCUT2D eigenvalue weighted by atomic mass is 19.4. The van der Waals surface area contributed by atoms with Crippen LogP contribution in [-0.2, 0) is 6.18 Å². The third kappa shape index (κ3) is 3.85. The molecule has 0 spiro atoms. The summed E-state index contributed by atoms with van der Waals surface area (Å²) < 4.78 is 39.6. The predicted octanol–water partition coefficient (Wildman–Crippen LogP) is 3.85. The van der Waals surface area contributed by atoms with Gasteiger partial charge in [-0.25, -0.2) is 9.67 Å². The summed E-state index contributed by atoms with van der Waals surface area (Å²) in [6, 6.07) is 9.62. The van der Waals surface area contributed by atoms with Gasteiger partial charge in [0.2, 0.25) is 0 Å². The highest BCUT2D eigenvalue weighted by molar-refractivity contribution is 6.02. The van der Waals surface area contributed by atoms with Crippen molar-refractivity contribution in [3.05, 3.63) is 71.7 Å². The lowest BCUT2D eigenvalue weighted by Crippen LogP contribution is -2.14. The largest absolute Gasteiger partial charge is 0.416 e. The van der Waals surface area contributed by atoms with Crippen molar-refractivity contribution in [3.8, 4) is 5.69 Å². The van der Waals surface area contributed by atoms with E-state index in [2.05, 4.69) is 15.4 Å². The van der Waals surface area contributed by atoms with Crippen LogP contribution in [0.5, 0.6) is 0 Å². The fourth-order valence-electron chi connectivity index (χ4n) is 2.20. The fourth-order valence-corrected chi connectivity index (χ4v) is 2.20. The first-order valence-electron chi connectivity index (χ1n) is 7.30. The van der Waals surface area contributed by atoms with E-state index < -0.39 is 17.6 Å². The number of aryl methyl sites for hydroxylation is 1. The Hall–Kier alpha value is -3.16. The van der Waals surface area contributed by atoms with E-state index >= 15 is 0 Å². The van der Waals surface area contributed by atoms with Crippen molar-refractivity contribution in [2.24, 2.45) is 0 Å². The number of rotatable bonds is 3. The molecule has 1 aromatic carbocycles. The minimum Gasteiger partial charge on any atom is -0.305 e. The van der Waals surface area contributed by atoms with Crippen LogP contribution in [0.15, 0.2) is 54.9 Å². The highest BCUT2D eigenvalue weighted by Crippen LogP contribution is 2.30. The van der Waals surface area contributed by atoms with E-state index in [1.165, 1.54) is 29.1 Å². The topological polar surface area (TPSA) is 59.8 Å². The fraction of sp³-hybridized carbons (Fsp3) is 0.118. The highest BCUT2D eigenvalue weighted by Gasteiger charge is 2.30. The molecular formula is C17H13F3N4O. The molecule has 0 bridgehead atoms. The molecule has 1 amide bonds. The van der Waals surface area contributed by atoms with Crippen LogP contribution in [0.25, 0.3) is 5.69 Å². The van der Waals surface area contributed by atoms with Crippen LogP contribution in [0, 0.1) is 6.92 Å². The Morgan fingerprint density at radius 3 is 2.68 bits per heavy atom. The first-order valence-corrected chi connectivity index (χ1v) is 7.30. The van der Waals surface area contributed by atoms with Crippen molar-refractivity contribution in [1.29, 1.82) is 0 Å². The summed E-state index contributed by atoms with van der Waals surface area (Å²) in [6.07, 6.45) is -1.46. The van der Waals surface area contributed by atoms with E-state index in [0.717, 1.165) is 17.7 Å². The Morgan fingerprint density at radius 2 is 1.96 bits per heavy atom. The minimum atomic E-state index is -4.44. The van der Waals surface area contributed by atoms with Gasteiger partial charge in [-0.3, -0.25) is 4.79 Å². The number of anilines is 1. The molecule has 3 aromatic rings. The van der Waals surface area contributed by atoms with Gasteiger partial charge < -0.3 is 5.32 Å². The van der Waals surface area contributed by atoms with E-state index in [4.69, 9.17) is 0 Å². The third-order valence-corrected chi connectivity index (χ3v) is 3.42. The van der Waals surface area contributed by atoms with Gasteiger partial charge >= 0.3 is 6.18 Å². The van der Waals surface area contributed by atoms with Crippen molar-refractivity contribution in [2.75, 3.05) is 5.32 Å². The van der Waals surface area contributed by atoms with Gasteiger partial charge in [-0.05, 0) is 48.9 Å². The molecule has 0 aliphatic rings. The first-order chi connectivity index (χ1) is 11.8. The molecule has 0 unspecified atom stereocenters. The smallest absolute Gasteiger partial charge is 0.305 e. The maximum atomic E-state index is 12.8. The molecule has 0 atom stereocenters. The summed E-state index contributed by atoms with van der Waals surface area (Å²) in [6.45, 7) is 1.86. The van der Waals surface area contributed by atoms with Crippen molar-refractivity contribution in [3.63, 3.8) is 0 Å². The molecule has 5 nitrogen and oxygen atoms in total. The zero-order valence-electron chi connectivity index (χ0n) is 13.1. The second-order valence-electron chi connectivity index (χ2n) is 5.37. The van der Waals surface area contributed by atoms with Crippen LogP contribution in [0.1, 0.15) is 21.6 Å². The van der Waals surface area contributed by atoms with Crippen LogP contribution in [0.3, 0.4) is 0 Å². The average molecular weight is 346 g/mol. The second-order valence-corrected chi connectivity index (χ2v) is 5.37. The summed E-state index contributed by atoms with van der Waals surface area (Å²) in [5.74, 6) is -0.123. The molecule has 0 radical (unpaired) electrons. The number of alkyl halides is 3. The molecule has 1 N–H and O–H groups in total. The van der Waals surface area contributed by atoms with Gasteiger partial charge in [0.25, 0.3) is 5.91 Å². The Morgan fingerprint density at radius 1 is 1.16 bits per heavy atom. The molecule has 25 heavy (non-hydrogen) atoms. The van der Waals surface area contributed by atoms with Gasteiger partial charge in [-0.1, -0.05) is 6.07 Å².